The number of hydrogen-bond donors (Lipinski definition) is 1. The first-order valence-electron chi connectivity index (χ1n) is 6.36. The number of hydrogen-bond acceptors (Lipinski definition) is 1. The van der Waals surface area contributed by atoms with E-state index >= 15 is 0 Å². The summed E-state index contributed by atoms with van der Waals surface area (Å²) in [5.74, 6) is 2.69. The zero-order valence-corrected chi connectivity index (χ0v) is 10.3. The number of rotatable bonds is 4. The highest BCUT2D eigenvalue weighted by Gasteiger charge is 2.23. The zero-order chi connectivity index (χ0) is 10.6. The molecule has 0 spiro atoms. The van der Waals surface area contributed by atoms with Crippen LogP contribution in [0.3, 0.4) is 0 Å². The summed E-state index contributed by atoms with van der Waals surface area (Å²) in [5, 5.41) is 3.72. The van der Waals surface area contributed by atoms with Crippen LogP contribution < -0.4 is 5.32 Å². The van der Waals surface area contributed by atoms with Crippen molar-refractivity contribution in [2.75, 3.05) is 6.54 Å². The topological polar surface area (TPSA) is 12.0 Å². The summed E-state index contributed by atoms with van der Waals surface area (Å²) in [5.41, 5.74) is 0. The summed E-state index contributed by atoms with van der Waals surface area (Å²) >= 11 is 0. The molecule has 0 radical (unpaired) electrons. The summed E-state index contributed by atoms with van der Waals surface area (Å²) in [6.45, 7) is 10.6. The molecule has 0 bridgehead atoms. The van der Waals surface area contributed by atoms with Crippen molar-refractivity contribution in [3.8, 4) is 0 Å². The molecule has 0 aromatic carbocycles. The maximum absolute atomic E-state index is 3.72. The minimum Gasteiger partial charge on any atom is -0.314 e. The van der Waals surface area contributed by atoms with Gasteiger partial charge in [0.15, 0.2) is 0 Å². The Hall–Kier alpha value is -0.0400. The molecule has 1 heteroatoms. The van der Waals surface area contributed by atoms with Gasteiger partial charge in [0.2, 0.25) is 0 Å². The lowest BCUT2D eigenvalue weighted by Crippen LogP contribution is -2.38. The highest BCUT2D eigenvalue weighted by Crippen LogP contribution is 2.29. The molecule has 0 aromatic heterocycles. The van der Waals surface area contributed by atoms with E-state index in [1.807, 2.05) is 0 Å². The summed E-state index contributed by atoms with van der Waals surface area (Å²) < 4.78 is 0. The third kappa shape index (κ3) is 3.61. The van der Waals surface area contributed by atoms with Gasteiger partial charge in [-0.05, 0) is 43.6 Å². The predicted molar refractivity (Wildman–Crippen MR) is 63.4 cm³/mol. The second-order valence-electron chi connectivity index (χ2n) is 5.39. The molecule has 1 saturated carbocycles. The molecule has 0 aromatic rings. The van der Waals surface area contributed by atoms with Gasteiger partial charge < -0.3 is 5.32 Å². The van der Waals surface area contributed by atoms with Crippen LogP contribution in [0.25, 0.3) is 0 Å². The summed E-state index contributed by atoms with van der Waals surface area (Å²) in [4.78, 5) is 0. The largest absolute Gasteiger partial charge is 0.314 e. The van der Waals surface area contributed by atoms with Crippen molar-refractivity contribution in [3.63, 3.8) is 0 Å². The van der Waals surface area contributed by atoms with E-state index in [-0.39, 0.29) is 0 Å². The van der Waals surface area contributed by atoms with Gasteiger partial charge in [0.05, 0.1) is 0 Å². The molecular formula is C13H27N. The van der Waals surface area contributed by atoms with Crippen LogP contribution in [-0.4, -0.2) is 12.6 Å². The van der Waals surface area contributed by atoms with Crippen LogP contribution in [0.4, 0.5) is 0 Å². The van der Waals surface area contributed by atoms with E-state index in [0.717, 1.165) is 23.8 Å². The Morgan fingerprint density at radius 1 is 1.21 bits per heavy atom. The lowest BCUT2D eigenvalue weighted by Gasteiger charge is -2.33. The number of nitrogens with one attached hydrogen (secondary N) is 1. The molecule has 14 heavy (non-hydrogen) atoms. The molecule has 0 aliphatic heterocycles. The summed E-state index contributed by atoms with van der Waals surface area (Å²) in [6.07, 6.45) is 5.49. The molecule has 1 N–H and O–H groups in total. The van der Waals surface area contributed by atoms with Crippen molar-refractivity contribution >= 4 is 0 Å². The lowest BCUT2D eigenvalue weighted by molar-refractivity contribution is 0.221. The first kappa shape index (κ1) is 12.0. The van der Waals surface area contributed by atoms with Gasteiger partial charge in [0.1, 0.15) is 0 Å². The first-order valence-corrected chi connectivity index (χ1v) is 6.36. The fourth-order valence-corrected chi connectivity index (χ4v) is 2.25. The van der Waals surface area contributed by atoms with Gasteiger partial charge in [-0.1, -0.05) is 34.1 Å². The van der Waals surface area contributed by atoms with E-state index in [0.29, 0.717) is 0 Å². The molecule has 0 amide bonds. The average molecular weight is 197 g/mol. The van der Waals surface area contributed by atoms with Crippen LogP contribution in [0.15, 0.2) is 0 Å². The maximum Gasteiger partial charge on any atom is 0.00699 e. The Kier molecular flexibility index (Phi) is 4.94. The second-order valence-corrected chi connectivity index (χ2v) is 5.39. The van der Waals surface area contributed by atoms with E-state index < -0.39 is 0 Å². The first-order chi connectivity index (χ1) is 6.63. The van der Waals surface area contributed by atoms with Crippen LogP contribution in [0.1, 0.15) is 53.4 Å². The molecule has 84 valence electrons. The summed E-state index contributed by atoms with van der Waals surface area (Å²) in [7, 11) is 0. The van der Waals surface area contributed by atoms with Crippen molar-refractivity contribution in [1.82, 2.24) is 5.32 Å². The molecule has 0 saturated heterocycles. The minimum absolute atomic E-state index is 0.801. The summed E-state index contributed by atoms with van der Waals surface area (Å²) in [6, 6.07) is 0.801. The Morgan fingerprint density at radius 2 is 1.93 bits per heavy atom. The highest BCUT2D eigenvalue weighted by atomic mass is 14.9. The smallest absolute Gasteiger partial charge is 0.00699 e. The Balaban J connectivity index is 2.20. The monoisotopic (exact) mass is 197 g/mol. The van der Waals surface area contributed by atoms with Gasteiger partial charge in [-0.25, -0.2) is 0 Å². The van der Waals surface area contributed by atoms with Crippen molar-refractivity contribution in [3.05, 3.63) is 0 Å². The van der Waals surface area contributed by atoms with Crippen LogP contribution in [0.5, 0.6) is 0 Å². The van der Waals surface area contributed by atoms with Crippen molar-refractivity contribution in [1.29, 1.82) is 0 Å². The van der Waals surface area contributed by atoms with Gasteiger partial charge >= 0.3 is 0 Å². The third-order valence-corrected chi connectivity index (χ3v) is 4.05. The van der Waals surface area contributed by atoms with Crippen molar-refractivity contribution in [2.24, 2.45) is 17.8 Å². The SMILES string of the molecule is CCC(C)CNC1CCC(C)C(C)C1. The Labute approximate surface area is 89.7 Å². The highest BCUT2D eigenvalue weighted by molar-refractivity contribution is 4.79. The third-order valence-electron chi connectivity index (χ3n) is 4.05. The minimum atomic E-state index is 0.801. The van der Waals surface area contributed by atoms with E-state index in [2.05, 4.69) is 33.0 Å². The van der Waals surface area contributed by atoms with Gasteiger partial charge in [0, 0.05) is 6.04 Å². The van der Waals surface area contributed by atoms with Crippen LogP contribution in [0, 0.1) is 17.8 Å². The Morgan fingerprint density at radius 3 is 2.50 bits per heavy atom. The molecule has 4 unspecified atom stereocenters. The molecule has 1 rings (SSSR count). The van der Waals surface area contributed by atoms with E-state index in [1.165, 1.54) is 32.2 Å². The molecular weight excluding hydrogens is 170 g/mol. The molecule has 0 heterocycles. The van der Waals surface area contributed by atoms with Crippen molar-refractivity contribution < 1.29 is 0 Å². The molecule has 1 aliphatic carbocycles. The van der Waals surface area contributed by atoms with E-state index in [1.54, 1.807) is 0 Å². The molecule has 1 nitrogen and oxygen atoms in total. The lowest BCUT2D eigenvalue weighted by atomic mass is 9.79. The fraction of sp³-hybridized carbons (Fsp3) is 1.00. The van der Waals surface area contributed by atoms with Crippen LogP contribution in [0.2, 0.25) is 0 Å². The van der Waals surface area contributed by atoms with E-state index in [4.69, 9.17) is 0 Å². The van der Waals surface area contributed by atoms with Crippen LogP contribution >= 0.6 is 0 Å². The van der Waals surface area contributed by atoms with Crippen molar-refractivity contribution in [2.45, 2.75) is 59.4 Å². The molecule has 1 fully saturated rings. The molecule has 4 atom stereocenters. The second kappa shape index (κ2) is 5.75. The van der Waals surface area contributed by atoms with Crippen LogP contribution in [-0.2, 0) is 0 Å². The Bertz CT molecular complexity index is 155. The maximum atomic E-state index is 3.72. The normalized spacial score (nSPS) is 35.6. The fourth-order valence-electron chi connectivity index (χ4n) is 2.25. The van der Waals surface area contributed by atoms with E-state index in [9.17, 15) is 0 Å². The van der Waals surface area contributed by atoms with Gasteiger partial charge in [0.25, 0.3) is 0 Å². The standard InChI is InChI=1S/C13H27N/c1-5-10(2)9-14-13-7-6-11(3)12(4)8-13/h10-14H,5-9H2,1-4H3. The van der Waals surface area contributed by atoms with Gasteiger partial charge in [-0.2, -0.15) is 0 Å². The predicted octanol–water partition coefficient (Wildman–Crippen LogP) is 3.45. The molecule has 1 aliphatic rings. The zero-order valence-electron chi connectivity index (χ0n) is 10.3. The quantitative estimate of drug-likeness (QED) is 0.728. The van der Waals surface area contributed by atoms with Gasteiger partial charge in [-0.3, -0.25) is 0 Å². The average Bonchev–Trinajstić information content (AvgIpc) is 2.19. The van der Waals surface area contributed by atoms with Gasteiger partial charge in [-0.15, -0.1) is 0 Å².